The van der Waals surface area contributed by atoms with Gasteiger partial charge in [-0.15, -0.1) is 11.3 Å². The Kier molecular flexibility index (Phi) is 3.33. The van der Waals surface area contributed by atoms with Crippen molar-refractivity contribution < 1.29 is 4.79 Å². The first-order valence-electron chi connectivity index (χ1n) is 7.61. The molecule has 2 aliphatic rings. The minimum Gasteiger partial charge on any atom is -0.354 e. The van der Waals surface area contributed by atoms with Crippen molar-refractivity contribution in [2.24, 2.45) is 5.92 Å². The smallest absolute Gasteiger partial charge is 0.273 e. The molecule has 5 nitrogen and oxygen atoms in total. The van der Waals surface area contributed by atoms with Gasteiger partial charge in [-0.2, -0.15) is 0 Å². The van der Waals surface area contributed by atoms with Crippen molar-refractivity contribution in [1.29, 1.82) is 0 Å². The maximum absolute atomic E-state index is 12.7. The monoisotopic (exact) mass is 314 g/mol. The molecule has 2 unspecified atom stereocenters. The number of hydrogen-bond acceptors (Lipinski definition) is 5. The van der Waals surface area contributed by atoms with Crippen molar-refractivity contribution in [1.82, 2.24) is 14.9 Å². The Balaban J connectivity index is 1.52. The molecule has 114 valence electrons. The van der Waals surface area contributed by atoms with E-state index < -0.39 is 0 Å². The standard InChI is InChI=1S/C16H18N4OS/c1-11-18-13(10-22-11)16(21)20-7-5-12-8-19(9-14(12)20)15-4-2-3-6-17-15/h2-4,6,10,12,14H,5,7-9H2,1H3. The van der Waals surface area contributed by atoms with Gasteiger partial charge in [0.1, 0.15) is 11.5 Å². The van der Waals surface area contributed by atoms with E-state index in [0.29, 0.717) is 11.6 Å². The quantitative estimate of drug-likeness (QED) is 0.853. The molecule has 0 aromatic carbocycles. The Morgan fingerprint density at radius 2 is 2.27 bits per heavy atom. The Morgan fingerprint density at radius 3 is 3.00 bits per heavy atom. The van der Waals surface area contributed by atoms with Crippen molar-refractivity contribution in [3.8, 4) is 0 Å². The van der Waals surface area contributed by atoms with Crippen molar-refractivity contribution in [2.45, 2.75) is 19.4 Å². The number of thiazole rings is 1. The van der Waals surface area contributed by atoms with Crippen LogP contribution < -0.4 is 4.90 Å². The van der Waals surface area contributed by atoms with Crippen LogP contribution in [0.15, 0.2) is 29.8 Å². The number of nitrogens with zero attached hydrogens (tertiary/aromatic N) is 4. The first-order valence-corrected chi connectivity index (χ1v) is 8.49. The van der Waals surface area contributed by atoms with E-state index in [1.165, 1.54) is 11.3 Å². The number of pyridine rings is 1. The van der Waals surface area contributed by atoms with E-state index in [4.69, 9.17) is 0 Å². The molecule has 2 atom stereocenters. The van der Waals surface area contributed by atoms with Crippen LogP contribution in [-0.4, -0.2) is 46.5 Å². The number of aromatic nitrogens is 2. The predicted molar refractivity (Wildman–Crippen MR) is 86.2 cm³/mol. The molecule has 2 aromatic rings. The van der Waals surface area contributed by atoms with Gasteiger partial charge in [-0.3, -0.25) is 4.79 Å². The Bertz CT molecular complexity index is 686. The molecular weight excluding hydrogens is 296 g/mol. The van der Waals surface area contributed by atoms with Gasteiger partial charge in [-0.1, -0.05) is 6.07 Å². The summed E-state index contributed by atoms with van der Waals surface area (Å²) in [5.74, 6) is 1.64. The first-order chi connectivity index (χ1) is 10.7. The Hall–Kier alpha value is -1.95. The fourth-order valence-electron chi connectivity index (χ4n) is 3.55. The highest BCUT2D eigenvalue weighted by molar-refractivity contribution is 7.09. The number of anilines is 1. The van der Waals surface area contributed by atoms with Gasteiger partial charge in [-0.25, -0.2) is 9.97 Å². The Morgan fingerprint density at radius 1 is 1.36 bits per heavy atom. The number of hydrogen-bond donors (Lipinski definition) is 0. The van der Waals surface area contributed by atoms with Crippen molar-refractivity contribution >= 4 is 23.1 Å². The van der Waals surface area contributed by atoms with Gasteiger partial charge in [0.05, 0.1) is 11.0 Å². The van der Waals surface area contributed by atoms with Crippen LogP contribution in [0.1, 0.15) is 21.9 Å². The summed E-state index contributed by atoms with van der Waals surface area (Å²) in [5, 5.41) is 2.82. The second kappa shape index (κ2) is 5.35. The number of carbonyl (C=O) groups is 1. The summed E-state index contributed by atoms with van der Waals surface area (Å²) < 4.78 is 0. The molecule has 0 saturated carbocycles. The van der Waals surface area contributed by atoms with E-state index in [0.717, 1.165) is 36.9 Å². The lowest BCUT2D eigenvalue weighted by Crippen LogP contribution is -2.40. The predicted octanol–water partition coefficient (Wildman–Crippen LogP) is 2.20. The molecule has 0 bridgehead atoms. The minimum absolute atomic E-state index is 0.0831. The molecule has 2 fully saturated rings. The molecule has 22 heavy (non-hydrogen) atoms. The highest BCUT2D eigenvalue weighted by atomic mass is 32.1. The summed E-state index contributed by atoms with van der Waals surface area (Å²) in [7, 11) is 0. The van der Waals surface area contributed by atoms with Gasteiger partial charge < -0.3 is 9.80 Å². The zero-order chi connectivity index (χ0) is 15.1. The third-order valence-electron chi connectivity index (χ3n) is 4.62. The van der Waals surface area contributed by atoms with Gasteiger partial charge in [0.2, 0.25) is 0 Å². The van der Waals surface area contributed by atoms with Crippen LogP contribution in [0.3, 0.4) is 0 Å². The highest BCUT2D eigenvalue weighted by Gasteiger charge is 2.44. The number of fused-ring (bicyclic) bond motifs is 1. The van der Waals surface area contributed by atoms with E-state index in [1.807, 2.05) is 41.6 Å². The average Bonchev–Trinajstić information content (AvgIpc) is 3.22. The lowest BCUT2D eigenvalue weighted by Gasteiger charge is -2.24. The molecule has 0 spiro atoms. The van der Waals surface area contributed by atoms with E-state index in [2.05, 4.69) is 14.9 Å². The summed E-state index contributed by atoms with van der Waals surface area (Å²) in [6.07, 6.45) is 2.90. The van der Waals surface area contributed by atoms with Gasteiger partial charge >= 0.3 is 0 Å². The molecule has 0 aliphatic carbocycles. The molecule has 2 aliphatic heterocycles. The van der Waals surface area contributed by atoms with Crippen molar-refractivity contribution in [3.05, 3.63) is 40.5 Å². The van der Waals surface area contributed by atoms with Crippen LogP contribution >= 0.6 is 11.3 Å². The largest absolute Gasteiger partial charge is 0.354 e. The third kappa shape index (κ3) is 2.27. The maximum atomic E-state index is 12.7. The van der Waals surface area contributed by atoms with Crippen LogP contribution in [-0.2, 0) is 0 Å². The molecule has 2 aromatic heterocycles. The van der Waals surface area contributed by atoms with Crippen LogP contribution in [0.25, 0.3) is 0 Å². The summed E-state index contributed by atoms with van der Waals surface area (Å²) in [4.78, 5) is 25.8. The van der Waals surface area contributed by atoms with E-state index in [9.17, 15) is 4.79 Å². The number of carbonyl (C=O) groups excluding carboxylic acids is 1. The van der Waals surface area contributed by atoms with Crippen molar-refractivity contribution in [2.75, 3.05) is 24.5 Å². The molecule has 4 rings (SSSR count). The molecule has 0 N–H and O–H groups in total. The van der Waals surface area contributed by atoms with Gasteiger partial charge in [0.15, 0.2) is 0 Å². The molecule has 0 radical (unpaired) electrons. The van der Waals surface area contributed by atoms with E-state index in [-0.39, 0.29) is 11.9 Å². The Labute approximate surface area is 133 Å². The van der Waals surface area contributed by atoms with Gasteiger partial charge in [0.25, 0.3) is 5.91 Å². The minimum atomic E-state index is 0.0831. The second-order valence-corrected chi connectivity index (χ2v) is 7.02. The number of amides is 1. The fourth-order valence-corrected chi connectivity index (χ4v) is 4.14. The van der Waals surface area contributed by atoms with Crippen LogP contribution in [0.2, 0.25) is 0 Å². The molecule has 1 amide bonds. The normalized spacial score (nSPS) is 23.9. The van der Waals surface area contributed by atoms with Crippen molar-refractivity contribution in [3.63, 3.8) is 0 Å². The fraction of sp³-hybridized carbons (Fsp3) is 0.438. The third-order valence-corrected chi connectivity index (χ3v) is 5.39. The number of likely N-dealkylation sites (tertiary alicyclic amines) is 1. The van der Waals surface area contributed by atoms with Gasteiger partial charge in [0, 0.05) is 37.1 Å². The van der Waals surface area contributed by atoms with Crippen LogP contribution in [0.4, 0.5) is 5.82 Å². The zero-order valence-electron chi connectivity index (χ0n) is 12.5. The summed E-state index contributed by atoms with van der Waals surface area (Å²) >= 11 is 1.54. The molecule has 4 heterocycles. The zero-order valence-corrected chi connectivity index (χ0v) is 13.3. The van der Waals surface area contributed by atoms with E-state index in [1.54, 1.807) is 0 Å². The van der Waals surface area contributed by atoms with E-state index >= 15 is 0 Å². The molecule has 2 saturated heterocycles. The van der Waals surface area contributed by atoms with Crippen LogP contribution in [0, 0.1) is 12.8 Å². The second-order valence-electron chi connectivity index (χ2n) is 5.96. The maximum Gasteiger partial charge on any atom is 0.273 e. The first kappa shape index (κ1) is 13.7. The SMILES string of the molecule is Cc1nc(C(=O)N2CCC3CN(c4ccccn4)CC32)cs1. The molecular formula is C16H18N4OS. The highest BCUT2D eigenvalue weighted by Crippen LogP contribution is 2.34. The summed E-state index contributed by atoms with van der Waals surface area (Å²) in [6, 6.07) is 6.27. The summed E-state index contributed by atoms with van der Waals surface area (Å²) in [5.41, 5.74) is 0.597. The number of rotatable bonds is 2. The summed E-state index contributed by atoms with van der Waals surface area (Å²) in [6.45, 7) is 4.64. The average molecular weight is 314 g/mol. The molecule has 6 heteroatoms. The lowest BCUT2D eigenvalue weighted by molar-refractivity contribution is 0.0733. The topological polar surface area (TPSA) is 49.3 Å². The lowest BCUT2D eigenvalue weighted by atomic mass is 10.1. The number of aryl methyl sites for hydroxylation is 1. The van der Waals surface area contributed by atoms with Crippen LogP contribution in [0.5, 0.6) is 0 Å². The van der Waals surface area contributed by atoms with Gasteiger partial charge in [-0.05, 0) is 25.5 Å².